The normalized spacial score (nSPS) is 19.0. The topological polar surface area (TPSA) is 48.1 Å². The molecule has 1 fully saturated rings. The Labute approximate surface area is 115 Å². The van der Waals surface area contributed by atoms with Crippen LogP contribution in [0.1, 0.15) is 17.8 Å². The molecule has 2 N–H and O–H groups in total. The summed E-state index contributed by atoms with van der Waals surface area (Å²) in [5.41, 5.74) is 7.32. The summed E-state index contributed by atoms with van der Waals surface area (Å²) < 4.78 is 6.41. The largest absolute Gasteiger partial charge is 0.497 e. The van der Waals surface area contributed by atoms with Gasteiger partial charge in [-0.1, -0.05) is 0 Å². The minimum absolute atomic E-state index is 0.220. The van der Waals surface area contributed by atoms with Gasteiger partial charge < -0.3 is 10.5 Å². The van der Waals surface area contributed by atoms with Gasteiger partial charge in [0.1, 0.15) is 10.8 Å². The average molecular weight is 280 g/mol. The molecule has 3 nitrogen and oxygen atoms in total. The van der Waals surface area contributed by atoms with Crippen LogP contribution in [0.15, 0.2) is 18.2 Å². The summed E-state index contributed by atoms with van der Waals surface area (Å²) in [6, 6.07) is 6.00. The molecule has 0 atom stereocenters. The van der Waals surface area contributed by atoms with E-state index in [1.807, 2.05) is 30.0 Å². The highest BCUT2D eigenvalue weighted by Gasteiger charge is 2.32. The Bertz CT molecular complexity index is 561. The van der Waals surface area contributed by atoms with Gasteiger partial charge in [0.15, 0.2) is 0 Å². The second kappa shape index (κ2) is 4.72. The van der Waals surface area contributed by atoms with E-state index in [9.17, 15) is 0 Å². The Hall–Kier alpha value is -0.780. The van der Waals surface area contributed by atoms with E-state index in [1.165, 1.54) is 0 Å². The van der Waals surface area contributed by atoms with E-state index in [0.29, 0.717) is 0 Å². The van der Waals surface area contributed by atoms with Crippen LogP contribution in [-0.4, -0.2) is 23.6 Å². The summed E-state index contributed by atoms with van der Waals surface area (Å²) in [5, 5.41) is 1.08. The number of methoxy groups -OCH3 is 1. The number of thiazole rings is 1. The molecule has 0 saturated carbocycles. The number of thioether (sulfide) groups is 1. The van der Waals surface area contributed by atoms with Gasteiger partial charge in [-0.2, -0.15) is 11.8 Å². The zero-order valence-electron chi connectivity index (χ0n) is 10.3. The van der Waals surface area contributed by atoms with Crippen molar-refractivity contribution in [3.8, 4) is 5.75 Å². The van der Waals surface area contributed by atoms with Crippen molar-refractivity contribution in [2.24, 2.45) is 5.73 Å². The molecule has 2 heterocycles. The smallest absolute Gasteiger partial charge is 0.120 e. The molecule has 1 aromatic carbocycles. The van der Waals surface area contributed by atoms with Crippen LogP contribution < -0.4 is 10.5 Å². The van der Waals surface area contributed by atoms with Crippen molar-refractivity contribution in [3.63, 3.8) is 0 Å². The van der Waals surface area contributed by atoms with Gasteiger partial charge in [0, 0.05) is 0 Å². The highest BCUT2D eigenvalue weighted by Crippen LogP contribution is 2.38. The van der Waals surface area contributed by atoms with Gasteiger partial charge in [-0.05, 0) is 42.5 Å². The van der Waals surface area contributed by atoms with Crippen LogP contribution in [-0.2, 0) is 5.54 Å². The average Bonchev–Trinajstić information content (AvgIpc) is 2.83. The van der Waals surface area contributed by atoms with E-state index < -0.39 is 0 Å². The Balaban J connectivity index is 2.02. The number of benzene rings is 1. The summed E-state index contributed by atoms with van der Waals surface area (Å²) in [7, 11) is 1.69. The first kappa shape index (κ1) is 12.3. The molecule has 2 aromatic rings. The summed E-state index contributed by atoms with van der Waals surface area (Å²) in [5.74, 6) is 3.15. The minimum Gasteiger partial charge on any atom is -0.497 e. The summed E-state index contributed by atoms with van der Waals surface area (Å²) in [6.07, 6.45) is 2.04. The van der Waals surface area contributed by atoms with Crippen LogP contribution in [0.4, 0.5) is 0 Å². The van der Waals surface area contributed by atoms with E-state index in [-0.39, 0.29) is 5.54 Å². The van der Waals surface area contributed by atoms with Crippen LogP contribution in [0.3, 0.4) is 0 Å². The van der Waals surface area contributed by atoms with Crippen LogP contribution in [0.5, 0.6) is 5.75 Å². The number of ether oxygens (including phenoxy) is 1. The molecule has 0 spiro atoms. The highest BCUT2D eigenvalue weighted by molar-refractivity contribution is 7.99. The van der Waals surface area contributed by atoms with Gasteiger partial charge in [-0.15, -0.1) is 11.3 Å². The molecule has 0 unspecified atom stereocenters. The maximum absolute atomic E-state index is 6.52. The lowest BCUT2D eigenvalue weighted by molar-refractivity contribution is 0.409. The van der Waals surface area contributed by atoms with E-state index in [0.717, 1.165) is 45.3 Å². The zero-order valence-corrected chi connectivity index (χ0v) is 11.9. The van der Waals surface area contributed by atoms with Gasteiger partial charge in [0.2, 0.25) is 0 Å². The fourth-order valence-corrected chi connectivity index (χ4v) is 4.57. The highest BCUT2D eigenvalue weighted by atomic mass is 32.2. The molecule has 1 saturated heterocycles. The van der Waals surface area contributed by atoms with Crippen LogP contribution >= 0.6 is 23.1 Å². The number of nitrogens with zero attached hydrogens (tertiary/aromatic N) is 1. The lowest BCUT2D eigenvalue weighted by Gasteiger charge is -2.30. The van der Waals surface area contributed by atoms with Gasteiger partial charge in [-0.3, -0.25) is 0 Å². The predicted molar refractivity (Wildman–Crippen MR) is 78.6 cm³/mol. The molecule has 1 aliphatic rings. The second-order valence-corrected chi connectivity index (χ2v) is 6.88. The first-order valence-electron chi connectivity index (χ1n) is 6.03. The fraction of sp³-hybridized carbons (Fsp3) is 0.462. The zero-order chi connectivity index (χ0) is 12.6. The van der Waals surface area contributed by atoms with Gasteiger partial charge >= 0.3 is 0 Å². The molecule has 1 aromatic heterocycles. The van der Waals surface area contributed by atoms with Crippen LogP contribution in [0, 0.1) is 0 Å². The van der Waals surface area contributed by atoms with E-state index >= 15 is 0 Å². The Kier molecular flexibility index (Phi) is 3.21. The molecule has 1 aliphatic heterocycles. The molecular formula is C13H16N2OS2. The molecule has 5 heteroatoms. The molecule has 96 valence electrons. The number of fused-ring (bicyclic) bond motifs is 1. The van der Waals surface area contributed by atoms with E-state index in [4.69, 9.17) is 15.5 Å². The number of hydrogen-bond acceptors (Lipinski definition) is 5. The monoisotopic (exact) mass is 280 g/mol. The lowest BCUT2D eigenvalue weighted by atomic mass is 9.95. The predicted octanol–water partition coefficient (Wildman–Crippen LogP) is 2.99. The van der Waals surface area contributed by atoms with E-state index in [1.54, 1.807) is 18.4 Å². The Morgan fingerprint density at radius 3 is 2.83 bits per heavy atom. The molecule has 3 rings (SSSR count). The third-order valence-electron chi connectivity index (χ3n) is 3.41. The molecule has 0 amide bonds. The summed E-state index contributed by atoms with van der Waals surface area (Å²) in [4.78, 5) is 4.71. The number of nitrogens with two attached hydrogens (primary N) is 1. The van der Waals surface area contributed by atoms with Gasteiger partial charge in [0.05, 0.1) is 22.9 Å². The molecule has 18 heavy (non-hydrogen) atoms. The maximum Gasteiger partial charge on any atom is 0.120 e. The van der Waals surface area contributed by atoms with Crippen molar-refractivity contribution in [1.82, 2.24) is 4.98 Å². The summed E-state index contributed by atoms with van der Waals surface area (Å²) >= 11 is 3.69. The van der Waals surface area contributed by atoms with Crippen molar-refractivity contribution >= 4 is 33.3 Å². The SMILES string of the molecule is COc1ccc2nc(C3(N)CCSCC3)sc2c1. The van der Waals surface area contributed by atoms with Crippen molar-refractivity contribution in [2.45, 2.75) is 18.4 Å². The fourth-order valence-electron chi connectivity index (χ4n) is 2.19. The molecule has 0 aliphatic carbocycles. The Morgan fingerprint density at radius 1 is 1.33 bits per heavy atom. The maximum atomic E-state index is 6.52. The van der Waals surface area contributed by atoms with Gasteiger partial charge in [-0.25, -0.2) is 4.98 Å². The summed E-state index contributed by atoms with van der Waals surface area (Å²) in [6.45, 7) is 0. The lowest BCUT2D eigenvalue weighted by Crippen LogP contribution is -2.40. The van der Waals surface area contributed by atoms with Crippen molar-refractivity contribution in [1.29, 1.82) is 0 Å². The minimum atomic E-state index is -0.220. The standard InChI is InChI=1S/C13H16N2OS2/c1-16-9-2-3-10-11(8-9)18-12(15-10)13(14)4-6-17-7-5-13/h2-3,8H,4-7,14H2,1H3. The van der Waals surface area contributed by atoms with Crippen molar-refractivity contribution in [3.05, 3.63) is 23.2 Å². The molecular weight excluding hydrogens is 264 g/mol. The number of aromatic nitrogens is 1. The molecule has 0 radical (unpaired) electrons. The first-order valence-corrected chi connectivity index (χ1v) is 8.00. The third kappa shape index (κ3) is 2.11. The first-order chi connectivity index (χ1) is 8.71. The third-order valence-corrected chi connectivity index (χ3v) is 5.63. The van der Waals surface area contributed by atoms with Crippen molar-refractivity contribution in [2.75, 3.05) is 18.6 Å². The van der Waals surface area contributed by atoms with Crippen LogP contribution in [0.2, 0.25) is 0 Å². The number of rotatable bonds is 2. The van der Waals surface area contributed by atoms with E-state index in [2.05, 4.69) is 0 Å². The second-order valence-electron chi connectivity index (χ2n) is 4.62. The van der Waals surface area contributed by atoms with Gasteiger partial charge in [0.25, 0.3) is 0 Å². The Morgan fingerprint density at radius 2 is 2.11 bits per heavy atom. The quantitative estimate of drug-likeness (QED) is 0.918. The van der Waals surface area contributed by atoms with Crippen LogP contribution in [0.25, 0.3) is 10.2 Å². The number of hydrogen-bond donors (Lipinski definition) is 1. The van der Waals surface area contributed by atoms with Crippen molar-refractivity contribution < 1.29 is 4.74 Å². The molecule has 0 bridgehead atoms.